The Morgan fingerprint density at radius 1 is 1.09 bits per heavy atom. The van der Waals surface area contributed by atoms with Gasteiger partial charge < -0.3 is 29.2 Å². The number of pyridine rings is 1. The van der Waals surface area contributed by atoms with Crippen LogP contribution < -0.4 is 10.7 Å². The summed E-state index contributed by atoms with van der Waals surface area (Å²) in [6, 6.07) is 15.4. The Bertz CT molecular complexity index is 2560. The summed E-state index contributed by atoms with van der Waals surface area (Å²) in [5, 5.41) is 5.46. The number of cyclic esters (lactones) is 1. The molecule has 0 aliphatic carbocycles. The van der Waals surface area contributed by atoms with E-state index in [0.29, 0.717) is 45.3 Å². The fraction of sp³-hybridized carbons (Fsp3) is 0.462. The number of fused-ring (bicyclic) bond motifs is 6. The maximum atomic E-state index is 14.7. The van der Waals surface area contributed by atoms with E-state index in [1.807, 2.05) is 57.2 Å². The average molecular weight is 898 g/mol. The molecule has 7 rings (SSSR count). The van der Waals surface area contributed by atoms with Crippen molar-refractivity contribution in [2.75, 3.05) is 40.4 Å². The summed E-state index contributed by atoms with van der Waals surface area (Å²) in [7, 11) is 3.26. The first-order chi connectivity index (χ1) is 31.5. The first kappa shape index (κ1) is 47.7. The summed E-state index contributed by atoms with van der Waals surface area (Å²) in [6.45, 7) is 14.8. The number of aromatic nitrogens is 2. The Morgan fingerprint density at radius 2 is 1.86 bits per heavy atom. The van der Waals surface area contributed by atoms with Crippen molar-refractivity contribution in [1.82, 2.24) is 35.1 Å². The molecule has 2 N–H and O–H groups in total. The minimum Gasteiger partial charge on any atom is -0.464 e. The number of benzene rings is 2. The molecule has 2 saturated heterocycles. The number of ether oxygens (including phenoxy) is 2. The number of nitrogens with zero attached hydrogens (tertiary/aromatic N) is 5. The van der Waals surface area contributed by atoms with Crippen LogP contribution in [0.15, 0.2) is 73.4 Å². The zero-order valence-electron chi connectivity index (χ0n) is 39.3. The number of nitrogens with one attached hydrogen (secondary N) is 2. The number of amides is 4. The van der Waals surface area contributed by atoms with Crippen molar-refractivity contribution in [3.05, 3.63) is 90.3 Å². The molecule has 0 radical (unpaired) electrons. The Kier molecular flexibility index (Phi) is 14.5. The number of rotatable bonds is 10. The topological polar surface area (TPSA) is 155 Å². The highest BCUT2D eigenvalue weighted by Crippen LogP contribution is 2.42. The predicted molar refractivity (Wildman–Crippen MR) is 253 cm³/mol. The minimum atomic E-state index is -1.07. The van der Waals surface area contributed by atoms with Gasteiger partial charge in [-0.3, -0.25) is 34.0 Å². The molecule has 2 aromatic heterocycles. The van der Waals surface area contributed by atoms with E-state index in [2.05, 4.69) is 59.9 Å². The lowest BCUT2D eigenvalue weighted by Crippen LogP contribution is -2.62. The number of esters is 1. The van der Waals surface area contributed by atoms with Gasteiger partial charge in [0.25, 0.3) is 5.91 Å². The highest BCUT2D eigenvalue weighted by molar-refractivity contribution is 5.96. The Balaban J connectivity index is 1.30. The van der Waals surface area contributed by atoms with Crippen LogP contribution >= 0.6 is 0 Å². The smallest absolute Gasteiger partial charge is 0.324 e. The van der Waals surface area contributed by atoms with Crippen molar-refractivity contribution >= 4 is 40.5 Å². The molecule has 5 heterocycles. The maximum absolute atomic E-state index is 14.7. The van der Waals surface area contributed by atoms with Crippen LogP contribution in [0.3, 0.4) is 0 Å². The molecule has 4 aromatic rings. The van der Waals surface area contributed by atoms with Crippen LogP contribution in [0.25, 0.3) is 33.3 Å². The first-order valence-electron chi connectivity index (χ1n) is 22.9. The van der Waals surface area contributed by atoms with Crippen LogP contribution in [0.1, 0.15) is 76.8 Å². The predicted octanol–water partition coefficient (Wildman–Crippen LogP) is 5.88. The van der Waals surface area contributed by atoms with E-state index in [1.165, 1.54) is 16.0 Å². The summed E-state index contributed by atoms with van der Waals surface area (Å²) in [4.78, 5) is 77.2. The van der Waals surface area contributed by atoms with Gasteiger partial charge in [0.05, 0.1) is 36.6 Å². The molecule has 4 amide bonds. The number of carbonyl (C=O) groups excluding carboxylic acids is 5. The van der Waals surface area contributed by atoms with E-state index in [-0.39, 0.29) is 43.4 Å². The summed E-state index contributed by atoms with van der Waals surface area (Å²) >= 11 is 0. The van der Waals surface area contributed by atoms with Gasteiger partial charge in [-0.05, 0) is 91.1 Å². The molecule has 0 spiro atoms. The van der Waals surface area contributed by atoms with Gasteiger partial charge in [0.2, 0.25) is 17.7 Å². The maximum Gasteiger partial charge on any atom is 0.324 e. The molecule has 0 saturated carbocycles. The molecule has 14 nitrogen and oxygen atoms in total. The quantitative estimate of drug-likeness (QED) is 0.113. The van der Waals surface area contributed by atoms with Gasteiger partial charge in [0.1, 0.15) is 18.1 Å². The number of likely N-dealkylation sites (N-methyl/N-ethyl adjacent to an activating group) is 1. The van der Waals surface area contributed by atoms with E-state index >= 15 is 0 Å². The lowest BCUT2D eigenvalue weighted by atomic mass is 9.84. The second-order valence-corrected chi connectivity index (χ2v) is 19.0. The second-order valence-electron chi connectivity index (χ2n) is 19.0. The first-order valence-corrected chi connectivity index (χ1v) is 22.9. The largest absolute Gasteiger partial charge is 0.464 e. The van der Waals surface area contributed by atoms with E-state index < -0.39 is 47.2 Å². The molecule has 1 unspecified atom stereocenters. The molecule has 3 aliphatic heterocycles. The molecule has 2 fully saturated rings. The molecule has 2 aromatic carbocycles. The highest BCUT2D eigenvalue weighted by Gasteiger charge is 2.40. The molecule has 6 bridgehead atoms. The molecular formula is C52H63N7O7. The summed E-state index contributed by atoms with van der Waals surface area (Å²) in [5.74, 6) is 0.232. The van der Waals surface area contributed by atoms with Crippen molar-refractivity contribution in [2.45, 2.75) is 97.5 Å². The molecule has 66 heavy (non-hydrogen) atoms. The van der Waals surface area contributed by atoms with E-state index in [4.69, 9.17) is 20.9 Å². The summed E-state index contributed by atoms with van der Waals surface area (Å²) in [6.07, 6.45) is 10.9. The van der Waals surface area contributed by atoms with Crippen molar-refractivity contribution in [3.8, 4) is 34.7 Å². The SMILES string of the molecule is C#CCn1c(-c2cccnc2[C@H](C)OC)c2c3cc(ccc31)-c1cccc(c1)C[C@H](NC(=O)C(C(C)C)N(C)C(=O)[C@H]1CCN(C(=O)C=C)C1)C(=O)N1CCC[C@H](N1)C(=O)OCC(C)(C)C2. The van der Waals surface area contributed by atoms with Crippen LogP contribution in [-0.4, -0.2) is 112 Å². The van der Waals surface area contributed by atoms with Gasteiger partial charge in [0.15, 0.2) is 0 Å². The lowest BCUT2D eigenvalue weighted by molar-refractivity contribution is -0.155. The number of terminal acetylenes is 1. The second kappa shape index (κ2) is 20.1. The van der Waals surface area contributed by atoms with Crippen LogP contribution in [0.2, 0.25) is 0 Å². The number of methoxy groups -OCH3 is 1. The third kappa shape index (κ3) is 9.93. The zero-order valence-corrected chi connectivity index (χ0v) is 39.3. The zero-order chi connectivity index (χ0) is 47.4. The normalized spacial score (nSPS) is 20.8. The van der Waals surface area contributed by atoms with E-state index in [1.54, 1.807) is 25.3 Å². The number of carbonyl (C=O) groups is 5. The van der Waals surface area contributed by atoms with E-state index in [9.17, 15) is 24.0 Å². The summed E-state index contributed by atoms with van der Waals surface area (Å²) < 4.78 is 14.1. The number of hydrogen-bond donors (Lipinski definition) is 2. The van der Waals surface area contributed by atoms with Crippen molar-refractivity contribution in [2.24, 2.45) is 17.3 Å². The van der Waals surface area contributed by atoms with Crippen LogP contribution in [0, 0.1) is 29.6 Å². The number of hydrogen-bond acceptors (Lipinski definition) is 9. The standard InChI is InChI=1S/C52H63N7O7/c1-10-23-58-43-20-19-36-28-39(43)40(47(58)38-17-13-22-53-45(38)33(5)65-9)29-52(6,7)31-66-51(64)41-18-14-24-59(55-41)50(63)42(27-34-15-12-16-35(36)26-34)54-48(61)46(32(3)4)56(8)49(62)37-21-25-57(30-37)44(60)11-2/h1,11-13,15-17,19-20,22,26,28,32-33,37,41-42,46,55H,2,14,18,21,23-25,27,29-31H2,3-9H3,(H,54,61)/t33-,37-,41-,42-,46?/m0/s1. The van der Waals surface area contributed by atoms with Gasteiger partial charge in [-0.1, -0.05) is 70.5 Å². The van der Waals surface area contributed by atoms with Gasteiger partial charge >= 0.3 is 5.97 Å². The van der Waals surface area contributed by atoms with Crippen molar-refractivity contribution in [1.29, 1.82) is 0 Å². The minimum absolute atomic E-state index is 0.0975. The molecular weight excluding hydrogens is 835 g/mol. The fourth-order valence-corrected chi connectivity index (χ4v) is 9.81. The van der Waals surface area contributed by atoms with Gasteiger partial charge in [0, 0.05) is 68.3 Å². The molecule has 3 aliphatic rings. The van der Waals surface area contributed by atoms with Gasteiger partial charge in [-0.15, -0.1) is 6.42 Å². The molecule has 14 heteroatoms. The van der Waals surface area contributed by atoms with Crippen LogP contribution in [0.4, 0.5) is 0 Å². The monoisotopic (exact) mass is 897 g/mol. The Morgan fingerprint density at radius 3 is 2.59 bits per heavy atom. The van der Waals surface area contributed by atoms with E-state index in [0.717, 1.165) is 50.1 Å². The average Bonchev–Trinajstić information content (AvgIpc) is 3.92. The third-order valence-corrected chi connectivity index (χ3v) is 13.3. The number of likely N-dealkylation sites (tertiary alicyclic amines) is 1. The summed E-state index contributed by atoms with van der Waals surface area (Å²) in [5.41, 5.74) is 9.81. The Hall–Kier alpha value is -6.30. The van der Waals surface area contributed by atoms with Gasteiger partial charge in [-0.2, -0.15) is 0 Å². The fourth-order valence-electron chi connectivity index (χ4n) is 9.81. The van der Waals surface area contributed by atoms with Gasteiger partial charge in [-0.25, -0.2) is 5.43 Å². The Labute approximate surface area is 388 Å². The number of hydrazine groups is 1. The molecule has 5 atom stereocenters. The van der Waals surface area contributed by atoms with Crippen LogP contribution in [0.5, 0.6) is 0 Å². The van der Waals surface area contributed by atoms with Crippen molar-refractivity contribution in [3.63, 3.8) is 0 Å². The molecule has 348 valence electrons. The highest BCUT2D eigenvalue weighted by atomic mass is 16.5. The van der Waals surface area contributed by atoms with Crippen LogP contribution in [-0.2, 0) is 52.8 Å². The van der Waals surface area contributed by atoms with Crippen molar-refractivity contribution < 1.29 is 33.4 Å². The third-order valence-electron chi connectivity index (χ3n) is 13.3. The lowest BCUT2D eigenvalue weighted by Gasteiger charge is -2.37.